The van der Waals surface area contributed by atoms with E-state index in [9.17, 15) is 4.79 Å². The molecule has 7 heteroatoms. The number of hydrogen-bond donors (Lipinski definition) is 0. The Bertz CT molecular complexity index is 1430. The number of esters is 1. The third-order valence-electron chi connectivity index (χ3n) is 6.32. The molecule has 0 radical (unpaired) electrons. The maximum atomic E-state index is 13.1. The molecule has 0 N–H and O–H groups in total. The van der Waals surface area contributed by atoms with E-state index in [0.717, 1.165) is 11.1 Å². The SMILES string of the molecule is COc1cc(OC)c2c(c1)-c1c(cc(OC)c(OCc3ccccc3)c1OCc1ccccc1)COC2=O. The minimum atomic E-state index is -0.504. The van der Waals surface area contributed by atoms with Gasteiger partial charge in [-0.15, -0.1) is 0 Å². The summed E-state index contributed by atoms with van der Waals surface area (Å²) in [7, 11) is 4.64. The van der Waals surface area contributed by atoms with Gasteiger partial charge in [-0.3, -0.25) is 0 Å². The molecule has 0 spiro atoms. The molecule has 5 rings (SSSR count). The summed E-state index contributed by atoms with van der Waals surface area (Å²) in [5.41, 5.74) is 4.18. The molecule has 0 atom stereocenters. The van der Waals surface area contributed by atoms with Crippen molar-refractivity contribution in [2.24, 2.45) is 0 Å². The summed E-state index contributed by atoms with van der Waals surface area (Å²) in [6.45, 7) is 0.583. The van der Waals surface area contributed by atoms with Crippen molar-refractivity contribution in [2.75, 3.05) is 21.3 Å². The molecule has 194 valence electrons. The van der Waals surface area contributed by atoms with Gasteiger partial charge >= 0.3 is 5.97 Å². The fourth-order valence-electron chi connectivity index (χ4n) is 4.45. The lowest BCUT2D eigenvalue weighted by atomic mass is 9.93. The zero-order valence-corrected chi connectivity index (χ0v) is 21.5. The van der Waals surface area contributed by atoms with Crippen molar-refractivity contribution in [3.8, 4) is 39.9 Å². The van der Waals surface area contributed by atoms with Crippen LogP contribution in [0.1, 0.15) is 27.0 Å². The quantitative estimate of drug-likeness (QED) is 0.247. The van der Waals surface area contributed by atoms with Gasteiger partial charge in [0.1, 0.15) is 36.9 Å². The van der Waals surface area contributed by atoms with E-state index in [2.05, 4.69) is 0 Å². The van der Waals surface area contributed by atoms with Crippen LogP contribution in [0.5, 0.6) is 28.7 Å². The van der Waals surface area contributed by atoms with Crippen LogP contribution in [-0.4, -0.2) is 27.3 Å². The van der Waals surface area contributed by atoms with Crippen molar-refractivity contribution in [3.63, 3.8) is 0 Å². The number of fused-ring (bicyclic) bond motifs is 3. The molecule has 0 fully saturated rings. The van der Waals surface area contributed by atoms with Gasteiger partial charge in [0.25, 0.3) is 0 Å². The first-order valence-electron chi connectivity index (χ1n) is 12.1. The molecule has 0 aromatic heterocycles. The summed E-state index contributed by atoms with van der Waals surface area (Å²) in [6.07, 6.45) is 0. The molecule has 0 aliphatic carbocycles. The topological polar surface area (TPSA) is 72.5 Å². The van der Waals surface area contributed by atoms with Gasteiger partial charge in [0.15, 0.2) is 11.5 Å². The lowest BCUT2D eigenvalue weighted by Crippen LogP contribution is -2.07. The van der Waals surface area contributed by atoms with E-state index in [-0.39, 0.29) is 18.8 Å². The zero-order valence-electron chi connectivity index (χ0n) is 21.5. The number of carbonyl (C=O) groups is 1. The highest BCUT2D eigenvalue weighted by molar-refractivity contribution is 6.03. The lowest BCUT2D eigenvalue weighted by Gasteiger charge is -2.22. The highest BCUT2D eigenvalue weighted by atomic mass is 16.5. The van der Waals surface area contributed by atoms with E-state index in [4.69, 9.17) is 28.4 Å². The number of hydrogen-bond acceptors (Lipinski definition) is 7. The summed E-state index contributed by atoms with van der Waals surface area (Å²) < 4.78 is 35.3. The van der Waals surface area contributed by atoms with Crippen LogP contribution >= 0.6 is 0 Å². The Morgan fingerprint density at radius 2 is 1.29 bits per heavy atom. The van der Waals surface area contributed by atoms with Crippen LogP contribution in [0.2, 0.25) is 0 Å². The zero-order chi connectivity index (χ0) is 26.5. The first-order valence-corrected chi connectivity index (χ1v) is 12.1. The van der Waals surface area contributed by atoms with Gasteiger partial charge < -0.3 is 28.4 Å². The van der Waals surface area contributed by atoms with E-state index < -0.39 is 5.97 Å². The van der Waals surface area contributed by atoms with E-state index in [1.165, 1.54) is 7.11 Å². The molecule has 0 bridgehead atoms. The van der Waals surface area contributed by atoms with Gasteiger partial charge in [-0.25, -0.2) is 4.79 Å². The third-order valence-corrected chi connectivity index (χ3v) is 6.32. The molecule has 1 heterocycles. The molecule has 7 nitrogen and oxygen atoms in total. The molecule has 1 aliphatic heterocycles. The van der Waals surface area contributed by atoms with Gasteiger partial charge in [-0.2, -0.15) is 0 Å². The Hall–Kier alpha value is -4.65. The summed E-state index contributed by atoms with van der Waals surface area (Å²) >= 11 is 0. The Labute approximate surface area is 221 Å². The summed E-state index contributed by atoms with van der Waals surface area (Å²) in [4.78, 5) is 13.1. The van der Waals surface area contributed by atoms with Crippen LogP contribution in [0.25, 0.3) is 11.1 Å². The van der Waals surface area contributed by atoms with Crippen LogP contribution in [0.15, 0.2) is 78.9 Å². The Morgan fingerprint density at radius 3 is 1.87 bits per heavy atom. The smallest absolute Gasteiger partial charge is 0.342 e. The highest BCUT2D eigenvalue weighted by Crippen LogP contribution is 2.51. The second-order valence-corrected chi connectivity index (χ2v) is 8.65. The van der Waals surface area contributed by atoms with Crippen molar-refractivity contribution >= 4 is 5.97 Å². The van der Waals surface area contributed by atoms with E-state index >= 15 is 0 Å². The monoisotopic (exact) mass is 512 g/mol. The molecule has 4 aromatic rings. The number of cyclic esters (lactones) is 1. The Morgan fingerprint density at radius 1 is 0.684 bits per heavy atom. The van der Waals surface area contributed by atoms with Gasteiger partial charge in [0, 0.05) is 22.8 Å². The number of rotatable bonds is 9. The van der Waals surface area contributed by atoms with Crippen molar-refractivity contribution in [3.05, 3.63) is 101 Å². The van der Waals surface area contributed by atoms with Crippen LogP contribution in [0.3, 0.4) is 0 Å². The predicted molar refractivity (Wildman–Crippen MR) is 142 cm³/mol. The standard InChI is InChI=1S/C31H28O7/c1-33-23-15-24-27-22(19-38-31(32)28(24)25(16-23)34-2)14-26(35-3)29(36-17-20-10-6-4-7-11-20)30(27)37-18-21-12-8-5-9-13-21/h4-16H,17-19H2,1-3H3. The van der Waals surface area contributed by atoms with Crippen LogP contribution in [0.4, 0.5) is 0 Å². The average Bonchev–Trinajstić information content (AvgIpc) is 3.11. The van der Waals surface area contributed by atoms with Crippen molar-refractivity contribution in [2.45, 2.75) is 19.8 Å². The first-order chi connectivity index (χ1) is 18.6. The average molecular weight is 513 g/mol. The van der Waals surface area contributed by atoms with Crippen molar-refractivity contribution < 1.29 is 33.2 Å². The number of benzene rings is 4. The molecular formula is C31H28O7. The number of carbonyl (C=O) groups excluding carboxylic acids is 1. The van der Waals surface area contributed by atoms with E-state index in [1.807, 2.05) is 66.7 Å². The largest absolute Gasteiger partial charge is 0.497 e. The van der Waals surface area contributed by atoms with Crippen molar-refractivity contribution in [1.29, 1.82) is 0 Å². The van der Waals surface area contributed by atoms with Gasteiger partial charge in [0.05, 0.1) is 21.3 Å². The van der Waals surface area contributed by atoms with E-state index in [0.29, 0.717) is 52.0 Å². The minimum absolute atomic E-state index is 0.0192. The molecule has 1 aliphatic rings. The molecule has 0 saturated heterocycles. The minimum Gasteiger partial charge on any atom is -0.497 e. The lowest BCUT2D eigenvalue weighted by molar-refractivity contribution is 0.0475. The van der Waals surface area contributed by atoms with Gasteiger partial charge in [0.2, 0.25) is 5.75 Å². The number of ether oxygens (including phenoxy) is 6. The summed E-state index contributed by atoms with van der Waals surface area (Å²) in [5.74, 6) is 1.70. The molecular weight excluding hydrogens is 484 g/mol. The maximum absolute atomic E-state index is 13.1. The molecule has 0 unspecified atom stereocenters. The van der Waals surface area contributed by atoms with Crippen LogP contribution < -0.4 is 23.7 Å². The molecule has 0 amide bonds. The van der Waals surface area contributed by atoms with Crippen LogP contribution in [0, 0.1) is 0 Å². The van der Waals surface area contributed by atoms with Gasteiger partial charge in [-0.05, 0) is 23.3 Å². The van der Waals surface area contributed by atoms with Gasteiger partial charge in [-0.1, -0.05) is 60.7 Å². The molecule has 0 saturated carbocycles. The van der Waals surface area contributed by atoms with E-state index in [1.54, 1.807) is 26.4 Å². The second-order valence-electron chi connectivity index (χ2n) is 8.65. The first kappa shape index (κ1) is 25.0. The highest BCUT2D eigenvalue weighted by Gasteiger charge is 2.32. The Balaban J connectivity index is 1.72. The third kappa shape index (κ3) is 4.95. The fourth-order valence-corrected chi connectivity index (χ4v) is 4.45. The normalized spacial score (nSPS) is 11.9. The Kier molecular flexibility index (Phi) is 7.35. The fraction of sp³-hybridized carbons (Fsp3) is 0.194. The second kappa shape index (κ2) is 11.2. The predicted octanol–water partition coefficient (Wildman–Crippen LogP) is 6.21. The van der Waals surface area contributed by atoms with Crippen molar-refractivity contribution in [1.82, 2.24) is 0 Å². The molecule has 4 aromatic carbocycles. The maximum Gasteiger partial charge on any atom is 0.342 e. The molecule has 38 heavy (non-hydrogen) atoms. The van der Waals surface area contributed by atoms with Crippen LogP contribution in [-0.2, 0) is 24.6 Å². The number of methoxy groups -OCH3 is 3. The summed E-state index contributed by atoms with van der Waals surface area (Å²) in [6, 6.07) is 24.9. The summed E-state index contributed by atoms with van der Waals surface area (Å²) in [5, 5.41) is 0.